The minimum atomic E-state index is -1.51. The number of anilines is 1. The number of carbonyl (C=O) groups is 5. The molecule has 0 radical (unpaired) electrons. The zero-order valence-electron chi connectivity index (χ0n) is 36.4. The van der Waals surface area contributed by atoms with Crippen molar-refractivity contribution < 1.29 is 47.9 Å². The first-order chi connectivity index (χ1) is 31.7. The molecule has 18 nitrogen and oxygen atoms in total. The molecule has 1 aliphatic heterocycles. The summed E-state index contributed by atoms with van der Waals surface area (Å²) >= 11 is 0.974. The van der Waals surface area contributed by atoms with Crippen molar-refractivity contribution in [3.63, 3.8) is 0 Å². The van der Waals surface area contributed by atoms with Gasteiger partial charge in [0.05, 0.1) is 12.2 Å². The van der Waals surface area contributed by atoms with Crippen molar-refractivity contribution in [2.24, 2.45) is 5.16 Å². The molecule has 3 heterocycles. The van der Waals surface area contributed by atoms with Gasteiger partial charge in [-0.1, -0.05) is 96.2 Å². The summed E-state index contributed by atoms with van der Waals surface area (Å²) in [5, 5.41) is 16.3. The third kappa shape index (κ3) is 12.2. The van der Waals surface area contributed by atoms with Crippen LogP contribution in [0, 0.1) is 0 Å². The van der Waals surface area contributed by atoms with Gasteiger partial charge in [0, 0.05) is 30.8 Å². The van der Waals surface area contributed by atoms with Crippen molar-refractivity contribution in [2.45, 2.75) is 89.6 Å². The molecule has 1 saturated carbocycles. The molecular weight excluding hydrogens is 871 g/mol. The second-order valence-corrected chi connectivity index (χ2v) is 17.3. The van der Waals surface area contributed by atoms with E-state index >= 15 is 0 Å². The molecule has 66 heavy (non-hydrogen) atoms. The van der Waals surface area contributed by atoms with E-state index in [2.05, 4.69) is 31.4 Å². The number of aromatic nitrogens is 2. The van der Waals surface area contributed by atoms with Crippen LogP contribution >= 0.6 is 11.3 Å². The minimum absolute atomic E-state index is 0.00438. The highest BCUT2D eigenvalue weighted by atomic mass is 32.1. The number of ether oxygens (including phenoxy) is 3. The highest BCUT2D eigenvalue weighted by Crippen LogP contribution is 2.35. The van der Waals surface area contributed by atoms with Crippen LogP contribution in [0.1, 0.15) is 79.3 Å². The van der Waals surface area contributed by atoms with Crippen LogP contribution in [0.5, 0.6) is 5.75 Å². The number of oxime groups is 1. The van der Waals surface area contributed by atoms with E-state index in [1.54, 1.807) is 20.8 Å². The molecule has 2 atom stereocenters. The van der Waals surface area contributed by atoms with E-state index in [9.17, 15) is 28.8 Å². The van der Waals surface area contributed by atoms with Crippen LogP contribution in [0.15, 0.2) is 119 Å². The summed E-state index contributed by atoms with van der Waals surface area (Å²) in [5.74, 6) is -2.88. The lowest BCUT2D eigenvalue weighted by molar-refractivity contribution is -0.173. The van der Waals surface area contributed by atoms with Gasteiger partial charge in [-0.25, -0.2) is 14.6 Å². The van der Waals surface area contributed by atoms with E-state index in [1.165, 1.54) is 11.6 Å². The standard InChI is InChI=1S/C47H49N7O11S/c1-46(2,3)64-45(60)52-44-50-34(29-66-44)39(53-65-47(21-13-14-22-47)43(59)62-27-31-17-9-5-10-18-31)42(58)51-38-33(49-41(38)57)24-48-40(56)35-23-36(55)37(61-26-30-15-7-4-8-16-30)25-54(35)63-28-32-19-11-6-12-20-32/h4-12,15-20,23,25,29,33,38H,13-14,21-22,24,26-28H2,1-3H3,(H,48,56)(H,49,57)(H,51,58)(H,50,52,60). The molecule has 19 heteroatoms. The number of amides is 4. The van der Waals surface area contributed by atoms with Gasteiger partial charge < -0.3 is 39.8 Å². The van der Waals surface area contributed by atoms with Gasteiger partial charge in [0.2, 0.25) is 16.9 Å². The molecule has 4 amide bonds. The Bertz CT molecular complexity index is 2610. The predicted molar refractivity (Wildman–Crippen MR) is 241 cm³/mol. The molecule has 3 aromatic carbocycles. The third-order valence-electron chi connectivity index (χ3n) is 10.3. The van der Waals surface area contributed by atoms with Gasteiger partial charge in [-0.3, -0.25) is 24.5 Å². The summed E-state index contributed by atoms with van der Waals surface area (Å²) in [6, 6.07) is 26.7. The summed E-state index contributed by atoms with van der Waals surface area (Å²) in [6.45, 7) is 5.06. The van der Waals surface area contributed by atoms with Gasteiger partial charge >= 0.3 is 12.1 Å². The third-order valence-corrected chi connectivity index (χ3v) is 11.1. The summed E-state index contributed by atoms with van der Waals surface area (Å²) in [6.07, 6.45) is 2.32. The quantitative estimate of drug-likeness (QED) is 0.0392. The van der Waals surface area contributed by atoms with Crippen LogP contribution in [0.2, 0.25) is 0 Å². The molecule has 0 bridgehead atoms. The van der Waals surface area contributed by atoms with Gasteiger partial charge in [0.15, 0.2) is 16.6 Å². The number of rotatable bonds is 18. The van der Waals surface area contributed by atoms with E-state index in [0.29, 0.717) is 12.8 Å². The Morgan fingerprint density at radius 2 is 1.50 bits per heavy atom. The normalized spacial score (nSPS) is 16.5. The highest BCUT2D eigenvalue weighted by Gasteiger charge is 2.47. The first-order valence-electron chi connectivity index (χ1n) is 21.2. The molecule has 7 rings (SSSR count). The van der Waals surface area contributed by atoms with Crippen molar-refractivity contribution >= 4 is 52.0 Å². The van der Waals surface area contributed by atoms with Crippen LogP contribution in [-0.2, 0) is 48.5 Å². The summed E-state index contributed by atoms with van der Waals surface area (Å²) in [7, 11) is 0. The molecule has 1 aliphatic carbocycles. The monoisotopic (exact) mass is 919 g/mol. The number of carbonyl (C=O) groups excluding carboxylic acids is 5. The second-order valence-electron chi connectivity index (χ2n) is 16.5. The highest BCUT2D eigenvalue weighted by molar-refractivity contribution is 7.14. The molecule has 5 aromatic rings. The molecule has 4 N–H and O–H groups in total. The van der Waals surface area contributed by atoms with E-state index in [1.807, 2.05) is 91.0 Å². The van der Waals surface area contributed by atoms with Crippen molar-refractivity contribution in [3.05, 3.63) is 147 Å². The van der Waals surface area contributed by atoms with Crippen molar-refractivity contribution in [2.75, 3.05) is 11.9 Å². The molecule has 2 fully saturated rings. The molecule has 2 unspecified atom stereocenters. The van der Waals surface area contributed by atoms with Crippen molar-refractivity contribution in [3.8, 4) is 5.75 Å². The minimum Gasteiger partial charge on any atom is -0.483 e. The number of thiazole rings is 1. The SMILES string of the molecule is CC(C)(C)OC(=O)Nc1nc(C(=NOC2(C(=O)OCc3ccccc3)CCCC2)C(=O)NC2C(=O)NC2CNC(=O)c2cc(=O)c(OCc3ccccc3)cn2OCc2ccccc2)cs1. The van der Waals surface area contributed by atoms with Gasteiger partial charge in [0.25, 0.3) is 11.8 Å². The lowest BCUT2D eigenvalue weighted by atomic mass is 9.98. The van der Waals surface area contributed by atoms with Crippen LogP contribution < -0.4 is 36.3 Å². The number of β-lactam (4-membered cyclic amide) rings is 1. The number of nitrogens with zero attached hydrogens (tertiary/aromatic N) is 3. The topological polar surface area (TPSA) is 227 Å². The average Bonchev–Trinajstić information content (AvgIpc) is 3.99. The Morgan fingerprint density at radius 3 is 2.12 bits per heavy atom. The maximum atomic E-state index is 14.1. The van der Waals surface area contributed by atoms with Gasteiger partial charge in [-0.05, 0) is 50.3 Å². The molecule has 0 spiro atoms. The fraction of sp³-hybridized carbons (Fsp3) is 0.319. The van der Waals surface area contributed by atoms with E-state index < -0.39 is 64.2 Å². The predicted octanol–water partition coefficient (Wildman–Crippen LogP) is 5.05. The fourth-order valence-corrected chi connectivity index (χ4v) is 7.60. The number of hydrogen-bond acceptors (Lipinski definition) is 14. The van der Waals surface area contributed by atoms with Gasteiger partial charge in [-0.15, -0.1) is 11.3 Å². The Labute approximate surface area is 383 Å². The first-order valence-corrected chi connectivity index (χ1v) is 22.1. The fourth-order valence-electron chi connectivity index (χ4n) is 6.92. The van der Waals surface area contributed by atoms with Gasteiger partial charge in [-0.2, -0.15) is 4.73 Å². The maximum absolute atomic E-state index is 14.1. The van der Waals surface area contributed by atoms with Gasteiger partial charge in [0.1, 0.15) is 42.9 Å². The van der Waals surface area contributed by atoms with Crippen molar-refractivity contribution in [1.82, 2.24) is 25.7 Å². The Morgan fingerprint density at radius 1 is 0.879 bits per heavy atom. The van der Waals surface area contributed by atoms with Crippen LogP contribution in [0.25, 0.3) is 0 Å². The lowest BCUT2D eigenvalue weighted by Crippen LogP contribution is -2.72. The van der Waals surface area contributed by atoms with Crippen LogP contribution in [-0.4, -0.2) is 75.0 Å². The molecule has 2 aromatic heterocycles. The number of esters is 1. The zero-order valence-corrected chi connectivity index (χ0v) is 37.3. The summed E-state index contributed by atoms with van der Waals surface area (Å²) in [5.41, 5.74) is -1.06. The van der Waals surface area contributed by atoms with Crippen LogP contribution in [0.3, 0.4) is 0 Å². The Balaban J connectivity index is 1.07. The largest absolute Gasteiger partial charge is 0.483 e. The first kappa shape index (κ1) is 46.5. The van der Waals surface area contributed by atoms with E-state index in [4.69, 9.17) is 23.9 Å². The number of benzene rings is 3. The smallest absolute Gasteiger partial charge is 0.413 e. The lowest BCUT2D eigenvalue weighted by Gasteiger charge is -2.37. The Kier molecular flexibility index (Phi) is 14.8. The van der Waals surface area contributed by atoms with E-state index in [0.717, 1.165) is 38.8 Å². The van der Waals surface area contributed by atoms with Crippen molar-refractivity contribution in [1.29, 1.82) is 0 Å². The number of nitrogens with one attached hydrogen (secondary N) is 4. The zero-order chi connectivity index (χ0) is 46.7. The average molecular weight is 920 g/mol. The molecule has 1 saturated heterocycles. The second kappa shape index (κ2) is 21.0. The van der Waals surface area contributed by atoms with E-state index in [-0.39, 0.29) is 61.5 Å². The number of pyridine rings is 1. The maximum Gasteiger partial charge on any atom is 0.413 e. The number of hydrogen-bond donors (Lipinski definition) is 4. The molecular formula is C47H49N7O11S. The summed E-state index contributed by atoms with van der Waals surface area (Å²) in [4.78, 5) is 96.5. The van der Waals surface area contributed by atoms with Crippen LogP contribution in [0.4, 0.5) is 9.93 Å². The summed E-state index contributed by atoms with van der Waals surface area (Å²) < 4.78 is 18.0. The molecule has 344 valence electrons. The Hall–Kier alpha value is -7.54. The molecule has 2 aliphatic rings.